The lowest BCUT2D eigenvalue weighted by Gasteiger charge is -2.04. The zero-order valence-corrected chi connectivity index (χ0v) is 10.5. The van der Waals surface area contributed by atoms with E-state index in [-0.39, 0.29) is 6.79 Å². The first-order chi connectivity index (χ1) is 9.56. The van der Waals surface area contributed by atoms with Gasteiger partial charge in [-0.3, -0.25) is 4.79 Å². The molecular weight excluding hydrogens is 266 g/mol. The van der Waals surface area contributed by atoms with Crippen molar-refractivity contribution in [3.63, 3.8) is 0 Å². The molecule has 0 saturated heterocycles. The van der Waals surface area contributed by atoms with E-state index in [4.69, 9.17) is 19.7 Å². The Labute approximate surface area is 114 Å². The molecule has 0 unspecified atom stereocenters. The topological polar surface area (TPSA) is 105 Å². The third kappa shape index (κ3) is 3.41. The van der Waals surface area contributed by atoms with Crippen LogP contribution in [0.25, 0.3) is 0 Å². The van der Waals surface area contributed by atoms with Crippen molar-refractivity contribution in [3.05, 3.63) is 35.6 Å². The summed E-state index contributed by atoms with van der Waals surface area (Å²) in [6.07, 6.45) is 1.17. The Morgan fingerprint density at radius 2 is 2.00 bits per heavy atom. The number of fused-ring (bicyclic) bond motifs is 1. The van der Waals surface area contributed by atoms with Crippen LogP contribution in [0.2, 0.25) is 0 Å². The Hall–Kier alpha value is -2.70. The molecule has 1 aromatic rings. The van der Waals surface area contributed by atoms with Gasteiger partial charge < -0.3 is 25.0 Å². The number of rotatable bonds is 5. The molecule has 1 aliphatic heterocycles. The Morgan fingerprint density at radius 3 is 2.75 bits per heavy atom. The van der Waals surface area contributed by atoms with Gasteiger partial charge in [0.2, 0.25) is 18.5 Å². The molecule has 106 valence electrons. The number of hydrogen-bond acceptors (Lipinski definition) is 5. The van der Waals surface area contributed by atoms with Crippen LogP contribution in [0.15, 0.2) is 30.0 Å². The minimum absolute atomic E-state index is 0.203. The number of carboxylic acid groups (broad SMARTS) is 1. The van der Waals surface area contributed by atoms with Gasteiger partial charge in [0, 0.05) is 6.54 Å². The SMILES string of the molecule is O=C(C=C(O)C(=O)O)NCCc1ccc2c(c1)OCO2. The highest BCUT2D eigenvalue weighted by atomic mass is 16.7. The summed E-state index contributed by atoms with van der Waals surface area (Å²) in [7, 11) is 0. The lowest BCUT2D eigenvalue weighted by Crippen LogP contribution is -2.24. The van der Waals surface area contributed by atoms with Crippen LogP contribution in [0.3, 0.4) is 0 Å². The molecule has 1 amide bonds. The minimum atomic E-state index is -1.55. The fraction of sp³-hybridized carbons (Fsp3) is 0.231. The largest absolute Gasteiger partial charge is 0.502 e. The predicted molar refractivity (Wildman–Crippen MR) is 67.6 cm³/mol. The molecule has 2 rings (SSSR count). The van der Waals surface area contributed by atoms with E-state index in [1.165, 1.54) is 0 Å². The summed E-state index contributed by atoms with van der Waals surface area (Å²) < 4.78 is 10.4. The fourth-order valence-corrected chi connectivity index (χ4v) is 1.66. The Balaban J connectivity index is 1.83. The molecule has 0 aromatic heterocycles. The van der Waals surface area contributed by atoms with Gasteiger partial charge in [-0.05, 0) is 24.1 Å². The standard InChI is InChI=1S/C13H13NO6/c15-9(13(17)18)6-12(16)14-4-3-8-1-2-10-11(5-8)20-7-19-10/h1-2,5-6,15H,3-4,7H2,(H,14,16)(H,17,18). The normalized spacial score (nSPS) is 13.1. The summed E-state index contributed by atoms with van der Waals surface area (Å²) in [6, 6.07) is 5.46. The number of amides is 1. The molecule has 0 bridgehead atoms. The van der Waals surface area contributed by atoms with Crippen molar-refractivity contribution in [3.8, 4) is 11.5 Å². The van der Waals surface area contributed by atoms with Crippen molar-refractivity contribution < 1.29 is 29.3 Å². The van der Waals surface area contributed by atoms with E-state index in [0.717, 1.165) is 5.56 Å². The monoisotopic (exact) mass is 279 g/mol. The summed E-state index contributed by atoms with van der Waals surface area (Å²) in [5.41, 5.74) is 0.945. The second-order valence-electron chi connectivity index (χ2n) is 4.06. The number of ether oxygens (including phenoxy) is 2. The molecule has 1 aliphatic rings. The predicted octanol–water partition coefficient (Wildman–Crippen LogP) is 0.600. The van der Waals surface area contributed by atoms with Crippen LogP contribution in [0, 0.1) is 0 Å². The molecule has 0 atom stereocenters. The van der Waals surface area contributed by atoms with Gasteiger partial charge in [0.1, 0.15) is 0 Å². The maximum Gasteiger partial charge on any atom is 0.371 e. The van der Waals surface area contributed by atoms with Crippen LogP contribution < -0.4 is 14.8 Å². The van der Waals surface area contributed by atoms with Gasteiger partial charge in [-0.15, -0.1) is 0 Å². The summed E-state index contributed by atoms with van der Waals surface area (Å²) in [4.78, 5) is 21.6. The van der Waals surface area contributed by atoms with Crippen LogP contribution in [0.5, 0.6) is 11.5 Å². The van der Waals surface area contributed by atoms with Gasteiger partial charge in [-0.1, -0.05) is 6.07 Å². The van der Waals surface area contributed by atoms with Crippen LogP contribution in [0.1, 0.15) is 5.56 Å². The van der Waals surface area contributed by atoms with E-state index in [1.54, 1.807) is 6.07 Å². The zero-order chi connectivity index (χ0) is 14.5. The summed E-state index contributed by atoms with van der Waals surface area (Å²) in [5, 5.41) is 19.8. The van der Waals surface area contributed by atoms with Crippen molar-refractivity contribution in [1.29, 1.82) is 0 Å². The van der Waals surface area contributed by atoms with Crippen molar-refractivity contribution in [2.75, 3.05) is 13.3 Å². The lowest BCUT2D eigenvalue weighted by atomic mass is 10.1. The number of nitrogens with one attached hydrogen (secondary N) is 1. The average molecular weight is 279 g/mol. The molecule has 20 heavy (non-hydrogen) atoms. The van der Waals surface area contributed by atoms with Crippen molar-refractivity contribution in [2.24, 2.45) is 0 Å². The number of carboxylic acids is 1. The van der Waals surface area contributed by atoms with E-state index < -0.39 is 17.6 Å². The fourth-order valence-electron chi connectivity index (χ4n) is 1.66. The number of carbonyl (C=O) groups is 2. The number of aliphatic hydroxyl groups is 1. The first-order valence-corrected chi connectivity index (χ1v) is 5.86. The van der Waals surface area contributed by atoms with Gasteiger partial charge >= 0.3 is 5.97 Å². The van der Waals surface area contributed by atoms with Crippen molar-refractivity contribution in [1.82, 2.24) is 5.32 Å². The molecule has 7 heteroatoms. The smallest absolute Gasteiger partial charge is 0.371 e. The number of carbonyl (C=O) groups excluding carboxylic acids is 1. The van der Waals surface area contributed by atoms with Gasteiger partial charge in [-0.2, -0.15) is 0 Å². The number of aliphatic hydroxyl groups excluding tert-OH is 1. The van der Waals surface area contributed by atoms with Gasteiger partial charge in [0.15, 0.2) is 11.5 Å². The molecule has 0 radical (unpaired) electrons. The summed E-state index contributed by atoms with van der Waals surface area (Å²) in [6.45, 7) is 0.511. The van der Waals surface area contributed by atoms with E-state index >= 15 is 0 Å². The Kier molecular flexibility index (Phi) is 4.09. The van der Waals surface area contributed by atoms with E-state index in [0.29, 0.717) is 30.5 Å². The number of benzene rings is 1. The zero-order valence-electron chi connectivity index (χ0n) is 10.5. The number of hydrogen-bond donors (Lipinski definition) is 3. The Morgan fingerprint density at radius 1 is 1.25 bits per heavy atom. The third-order valence-corrected chi connectivity index (χ3v) is 2.64. The summed E-state index contributed by atoms with van der Waals surface area (Å²) in [5.74, 6) is -1.85. The van der Waals surface area contributed by atoms with Crippen LogP contribution in [0.4, 0.5) is 0 Å². The average Bonchev–Trinajstić information content (AvgIpc) is 2.85. The quantitative estimate of drug-likeness (QED) is 0.538. The van der Waals surface area contributed by atoms with Crippen molar-refractivity contribution in [2.45, 2.75) is 6.42 Å². The molecule has 0 aliphatic carbocycles. The molecule has 1 heterocycles. The van der Waals surface area contributed by atoms with E-state index in [2.05, 4.69) is 5.32 Å². The van der Waals surface area contributed by atoms with E-state index in [9.17, 15) is 9.59 Å². The highest BCUT2D eigenvalue weighted by molar-refractivity contribution is 5.95. The van der Waals surface area contributed by atoms with Crippen LogP contribution >= 0.6 is 0 Å². The highest BCUT2D eigenvalue weighted by Gasteiger charge is 2.13. The Bertz CT molecular complexity index is 566. The minimum Gasteiger partial charge on any atom is -0.502 e. The second kappa shape index (κ2) is 5.96. The molecule has 0 spiro atoms. The molecular formula is C13H13NO6. The molecule has 1 aromatic carbocycles. The summed E-state index contributed by atoms with van der Waals surface area (Å²) >= 11 is 0. The maximum absolute atomic E-state index is 11.3. The maximum atomic E-state index is 11.3. The highest BCUT2D eigenvalue weighted by Crippen LogP contribution is 2.32. The molecule has 0 fully saturated rings. The van der Waals surface area contributed by atoms with Gasteiger partial charge in [0.05, 0.1) is 6.08 Å². The number of aliphatic carboxylic acids is 1. The van der Waals surface area contributed by atoms with Gasteiger partial charge in [0.25, 0.3) is 0 Å². The molecule has 7 nitrogen and oxygen atoms in total. The molecule has 3 N–H and O–H groups in total. The first kappa shape index (κ1) is 13.7. The van der Waals surface area contributed by atoms with E-state index in [1.807, 2.05) is 12.1 Å². The third-order valence-electron chi connectivity index (χ3n) is 2.64. The van der Waals surface area contributed by atoms with Gasteiger partial charge in [-0.25, -0.2) is 4.79 Å². The lowest BCUT2D eigenvalue weighted by molar-refractivity contribution is -0.136. The van der Waals surface area contributed by atoms with Crippen LogP contribution in [-0.2, 0) is 16.0 Å². The first-order valence-electron chi connectivity index (χ1n) is 5.86. The molecule has 0 saturated carbocycles. The van der Waals surface area contributed by atoms with Crippen LogP contribution in [-0.4, -0.2) is 35.4 Å². The second-order valence-corrected chi connectivity index (χ2v) is 4.06. The van der Waals surface area contributed by atoms with Crippen molar-refractivity contribution >= 4 is 11.9 Å².